The number of aromatic nitrogens is 1. The van der Waals surface area contributed by atoms with Gasteiger partial charge in [0.15, 0.2) is 0 Å². The molecule has 0 unspecified atom stereocenters. The number of hydrogen-bond acceptors (Lipinski definition) is 4. The van der Waals surface area contributed by atoms with Crippen molar-refractivity contribution in [1.82, 2.24) is 4.98 Å². The summed E-state index contributed by atoms with van der Waals surface area (Å²) in [6.45, 7) is 1.32. The second-order valence-electron chi connectivity index (χ2n) is 3.03. The molecule has 0 radical (unpaired) electrons. The summed E-state index contributed by atoms with van der Waals surface area (Å²) < 4.78 is 37.5. The van der Waals surface area contributed by atoms with Gasteiger partial charge in [0.2, 0.25) is 0 Å². The van der Waals surface area contributed by atoms with Gasteiger partial charge in [-0.25, -0.2) is 4.79 Å². The average molecular weight is 247 g/mol. The van der Waals surface area contributed by atoms with E-state index in [-0.39, 0.29) is 5.84 Å². The summed E-state index contributed by atoms with van der Waals surface area (Å²) in [5.41, 5.74) is 3.22. The largest absolute Gasteiger partial charge is 0.417 e. The predicted octanol–water partition coefficient (Wildman–Crippen LogP) is 1.55. The van der Waals surface area contributed by atoms with Gasteiger partial charge in [0, 0.05) is 12.4 Å². The molecule has 0 saturated heterocycles. The molecule has 0 aliphatic rings. The number of nitrogens with two attached hydrogens (primary N) is 1. The number of amidine groups is 1. The topological polar surface area (TPSA) is 77.6 Å². The van der Waals surface area contributed by atoms with Crippen LogP contribution >= 0.6 is 0 Å². The minimum absolute atomic E-state index is 0.0872. The van der Waals surface area contributed by atoms with Crippen LogP contribution in [-0.2, 0) is 11.0 Å². The quantitative estimate of drug-likeness (QED) is 0.372. The fourth-order valence-corrected chi connectivity index (χ4v) is 0.967. The van der Waals surface area contributed by atoms with Gasteiger partial charge in [-0.15, -0.1) is 0 Å². The molecule has 0 aliphatic carbocycles. The molecular formula is C9H8F3N3O2. The zero-order valence-corrected chi connectivity index (χ0v) is 8.65. The number of oxime groups is 1. The van der Waals surface area contributed by atoms with E-state index >= 15 is 0 Å². The van der Waals surface area contributed by atoms with Crippen molar-refractivity contribution >= 4 is 11.8 Å². The molecule has 0 spiro atoms. The maximum Gasteiger partial charge on any atom is 0.417 e. The molecule has 1 aromatic heterocycles. The normalized spacial score (nSPS) is 12.4. The van der Waals surface area contributed by atoms with Crippen LogP contribution in [0.1, 0.15) is 22.8 Å². The molecule has 0 bridgehead atoms. The van der Waals surface area contributed by atoms with Gasteiger partial charge in [-0.3, -0.25) is 4.98 Å². The van der Waals surface area contributed by atoms with Crippen LogP contribution in [0.3, 0.4) is 0 Å². The maximum absolute atomic E-state index is 12.5. The molecule has 2 N–H and O–H groups in total. The highest BCUT2D eigenvalue weighted by Gasteiger charge is 2.35. The lowest BCUT2D eigenvalue weighted by Crippen LogP contribution is -2.15. The first-order chi connectivity index (χ1) is 7.82. The third-order valence-corrected chi connectivity index (χ3v) is 1.62. The molecule has 1 heterocycles. The molecule has 1 rings (SSSR count). The first kappa shape index (κ1) is 12.9. The molecular weight excluding hydrogens is 239 g/mol. The van der Waals surface area contributed by atoms with Crippen molar-refractivity contribution in [2.45, 2.75) is 13.1 Å². The lowest BCUT2D eigenvalue weighted by Gasteiger charge is -2.09. The van der Waals surface area contributed by atoms with Crippen molar-refractivity contribution < 1.29 is 22.8 Å². The first-order valence-corrected chi connectivity index (χ1v) is 4.35. The van der Waals surface area contributed by atoms with Crippen LogP contribution in [0, 0.1) is 0 Å². The number of pyridine rings is 1. The fraction of sp³-hybridized carbons (Fsp3) is 0.222. The molecule has 0 atom stereocenters. The van der Waals surface area contributed by atoms with E-state index in [4.69, 9.17) is 5.73 Å². The van der Waals surface area contributed by atoms with E-state index in [1.165, 1.54) is 6.92 Å². The number of carbonyl (C=O) groups is 1. The van der Waals surface area contributed by atoms with E-state index in [0.717, 1.165) is 12.4 Å². The Morgan fingerprint density at radius 2 is 2.18 bits per heavy atom. The zero-order valence-electron chi connectivity index (χ0n) is 8.65. The first-order valence-electron chi connectivity index (χ1n) is 4.35. The molecule has 0 aromatic carbocycles. The van der Waals surface area contributed by atoms with Crippen molar-refractivity contribution in [2.24, 2.45) is 10.9 Å². The van der Waals surface area contributed by atoms with Gasteiger partial charge in [-0.2, -0.15) is 13.2 Å². The number of carbonyl (C=O) groups excluding carboxylic acids is 1. The van der Waals surface area contributed by atoms with E-state index in [0.29, 0.717) is 6.07 Å². The zero-order chi connectivity index (χ0) is 13.1. The summed E-state index contributed by atoms with van der Waals surface area (Å²) in [6.07, 6.45) is -2.98. The molecule has 0 aliphatic heterocycles. The number of alkyl halides is 3. The van der Waals surface area contributed by atoms with Gasteiger partial charge in [0.05, 0.1) is 11.1 Å². The summed E-state index contributed by atoms with van der Waals surface area (Å²) in [6, 6.07) is 0.676. The number of rotatable bonds is 2. The van der Waals surface area contributed by atoms with E-state index in [1.807, 2.05) is 0 Å². The molecule has 92 valence electrons. The van der Waals surface area contributed by atoms with Crippen LogP contribution in [-0.4, -0.2) is 16.8 Å². The van der Waals surface area contributed by atoms with Gasteiger partial charge < -0.3 is 10.6 Å². The Hall–Kier alpha value is -2.12. The number of halogens is 3. The van der Waals surface area contributed by atoms with Gasteiger partial charge in [0.25, 0.3) is 0 Å². The highest BCUT2D eigenvalue weighted by molar-refractivity contribution is 5.91. The third-order valence-electron chi connectivity index (χ3n) is 1.62. The Bertz CT molecular complexity index is 453. The summed E-state index contributed by atoms with van der Waals surface area (Å²) in [4.78, 5) is 18.9. The number of nitrogens with zero attached hydrogens (tertiary/aromatic N) is 2. The van der Waals surface area contributed by atoms with E-state index in [1.54, 1.807) is 0 Å². The van der Waals surface area contributed by atoms with Crippen molar-refractivity contribution in [1.29, 1.82) is 0 Å². The van der Waals surface area contributed by atoms with Crippen LogP contribution in [0.2, 0.25) is 0 Å². The van der Waals surface area contributed by atoms with Gasteiger partial charge >= 0.3 is 12.1 Å². The molecule has 17 heavy (non-hydrogen) atoms. The van der Waals surface area contributed by atoms with Crippen molar-refractivity contribution in [2.75, 3.05) is 0 Å². The van der Waals surface area contributed by atoms with Gasteiger partial charge in [-0.05, 0) is 13.0 Å². The van der Waals surface area contributed by atoms with Crippen LogP contribution in [0.25, 0.3) is 0 Å². The summed E-state index contributed by atoms with van der Waals surface area (Å²) in [7, 11) is 0. The Morgan fingerprint density at radius 1 is 1.53 bits per heavy atom. The lowest BCUT2D eigenvalue weighted by molar-refractivity contribution is -0.138. The monoisotopic (exact) mass is 247 g/mol. The number of hydrogen-bond donors (Lipinski definition) is 1. The van der Waals surface area contributed by atoms with Crippen molar-refractivity contribution in [3.63, 3.8) is 0 Å². The van der Waals surface area contributed by atoms with Crippen molar-refractivity contribution in [3.05, 3.63) is 29.6 Å². The average Bonchev–Trinajstić information content (AvgIpc) is 2.24. The highest BCUT2D eigenvalue weighted by Crippen LogP contribution is 2.31. The molecule has 0 fully saturated rings. The van der Waals surface area contributed by atoms with E-state index in [2.05, 4.69) is 15.0 Å². The summed E-state index contributed by atoms with van der Waals surface area (Å²) >= 11 is 0. The third kappa shape index (κ3) is 3.44. The molecule has 0 saturated carbocycles. The standard InChI is InChI=1S/C9H8F3N3O2/c1-5(13)15-17-8(16)6-4-14-3-2-7(6)9(10,11)12/h2-4H,1H3,(H2,13,15). The van der Waals surface area contributed by atoms with Gasteiger partial charge in [-0.1, -0.05) is 5.16 Å². The summed E-state index contributed by atoms with van der Waals surface area (Å²) in [5.74, 6) is -1.36. The second-order valence-corrected chi connectivity index (χ2v) is 3.03. The minimum Gasteiger partial charge on any atom is -0.385 e. The van der Waals surface area contributed by atoms with Gasteiger partial charge in [0.1, 0.15) is 5.84 Å². The molecule has 0 amide bonds. The SMILES string of the molecule is C/C(N)=N/OC(=O)c1cnccc1C(F)(F)F. The Labute approximate surface area is 94.1 Å². The van der Waals surface area contributed by atoms with Crippen LogP contribution in [0.15, 0.2) is 23.6 Å². The summed E-state index contributed by atoms with van der Waals surface area (Å²) in [5, 5.41) is 3.07. The highest BCUT2D eigenvalue weighted by atomic mass is 19.4. The molecule has 5 nitrogen and oxygen atoms in total. The van der Waals surface area contributed by atoms with Crippen molar-refractivity contribution in [3.8, 4) is 0 Å². The van der Waals surface area contributed by atoms with Crippen LogP contribution < -0.4 is 5.73 Å². The van der Waals surface area contributed by atoms with E-state index in [9.17, 15) is 18.0 Å². The Kier molecular flexibility index (Phi) is 3.66. The van der Waals surface area contributed by atoms with Crippen LogP contribution in [0.5, 0.6) is 0 Å². The minimum atomic E-state index is -4.67. The maximum atomic E-state index is 12.5. The Balaban J connectivity index is 3.06. The second kappa shape index (κ2) is 4.81. The molecule has 8 heteroatoms. The molecule has 1 aromatic rings. The van der Waals surface area contributed by atoms with E-state index < -0.39 is 23.3 Å². The lowest BCUT2D eigenvalue weighted by atomic mass is 10.1. The Morgan fingerprint density at radius 3 is 2.71 bits per heavy atom. The smallest absolute Gasteiger partial charge is 0.385 e. The fourth-order valence-electron chi connectivity index (χ4n) is 0.967. The van der Waals surface area contributed by atoms with Crippen LogP contribution in [0.4, 0.5) is 13.2 Å². The predicted molar refractivity (Wildman–Crippen MR) is 52.0 cm³/mol.